The van der Waals surface area contributed by atoms with Gasteiger partial charge in [-0.05, 0) is 41.8 Å². The molecule has 1 aliphatic rings. The number of halogens is 2. The highest BCUT2D eigenvalue weighted by molar-refractivity contribution is 6.35. The molecule has 4 rings (SSSR count). The van der Waals surface area contributed by atoms with Crippen LogP contribution in [0.1, 0.15) is 16.8 Å². The Labute approximate surface area is 146 Å². The highest BCUT2D eigenvalue weighted by atomic mass is 35.5. The van der Waals surface area contributed by atoms with Crippen molar-refractivity contribution in [2.75, 3.05) is 6.54 Å². The molecule has 2 nitrogen and oxygen atoms in total. The lowest BCUT2D eigenvalue weighted by Crippen LogP contribution is -2.24. The molecule has 2 aromatic carbocycles. The number of hydrogen-bond acceptors (Lipinski definition) is 1. The van der Waals surface area contributed by atoms with Crippen molar-refractivity contribution in [3.8, 4) is 0 Å². The number of fused-ring (bicyclic) bond motifs is 3. The molecular weight excluding hydrogens is 327 g/mol. The first-order chi connectivity index (χ1) is 11.2. The first-order valence-electron chi connectivity index (χ1n) is 7.97. The maximum absolute atomic E-state index is 6.49. The number of benzene rings is 2. The Morgan fingerprint density at radius 3 is 2.70 bits per heavy atom. The van der Waals surface area contributed by atoms with Crippen molar-refractivity contribution < 1.29 is 0 Å². The van der Waals surface area contributed by atoms with Gasteiger partial charge in [0, 0.05) is 42.2 Å². The van der Waals surface area contributed by atoms with E-state index in [4.69, 9.17) is 23.2 Å². The van der Waals surface area contributed by atoms with Crippen LogP contribution >= 0.6 is 23.2 Å². The summed E-state index contributed by atoms with van der Waals surface area (Å²) in [5.74, 6) is 0. The summed E-state index contributed by atoms with van der Waals surface area (Å²) in [4.78, 5) is 0. The van der Waals surface area contributed by atoms with Crippen LogP contribution in [0.5, 0.6) is 0 Å². The highest BCUT2D eigenvalue weighted by Gasteiger charge is 2.21. The van der Waals surface area contributed by atoms with Gasteiger partial charge in [0.2, 0.25) is 0 Å². The van der Waals surface area contributed by atoms with Crippen LogP contribution in [-0.2, 0) is 25.9 Å². The molecule has 23 heavy (non-hydrogen) atoms. The molecule has 0 atom stereocenters. The van der Waals surface area contributed by atoms with Gasteiger partial charge in [0.25, 0.3) is 0 Å². The first-order valence-corrected chi connectivity index (χ1v) is 8.73. The van der Waals surface area contributed by atoms with Crippen molar-refractivity contribution >= 4 is 34.1 Å². The van der Waals surface area contributed by atoms with Gasteiger partial charge in [0.1, 0.15) is 0 Å². The van der Waals surface area contributed by atoms with Crippen LogP contribution < -0.4 is 5.32 Å². The van der Waals surface area contributed by atoms with Gasteiger partial charge in [-0.2, -0.15) is 0 Å². The van der Waals surface area contributed by atoms with Gasteiger partial charge in [0.05, 0.1) is 10.5 Å². The van der Waals surface area contributed by atoms with Crippen LogP contribution in [0.15, 0.2) is 42.5 Å². The molecule has 0 radical (unpaired) electrons. The Hall–Kier alpha value is -1.48. The molecule has 0 bridgehead atoms. The van der Waals surface area contributed by atoms with Crippen LogP contribution in [0.2, 0.25) is 10.0 Å². The van der Waals surface area contributed by atoms with E-state index >= 15 is 0 Å². The second-order valence-electron chi connectivity index (χ2n) is 6.01. The molecule has 0 fully saturated rings. The number of nitrogens with one attached hydrogen (secondary N) is 1. The third-order valence-electron chi connectivity index (χ3n) is 4.64. The van der Waals surface area contributed by atoms with Gasteiger partial charge in [-0.3, -0.25) is 0 Å². The number of aryl methyl sites for hydroxylation is 2. The van der Waals surface area contributed by atoms with E-state index in [1.54, 1.807) is 0 Å². The maximum Gasteiger partial charge on any atom is 0.0503 e. The molecule has 0 saturated carbocycles. The molecule has 1 aromatic heterocycles. The monoisotopic (exact) mass is 344 g/mol. The minimum Gasteiger partial charge on any atom is -0.344 e. The summed E-state index contributed by atoms with van der Waals surface area (Å²) >= 11 is 12.5. The number of rotatable bonds is 3. The smallest absolute Gasteiger partial charge is 0.0503 e. The van der Waals surface area contributed by atoms with Crippen LogP contribution in [-0.4, -0.2) is 11.1 Å². The van der Waals surface area contributed by atoms with Crippen LogP contribution in [0.3, 0.4) is 0 Å². The molecule has 0 aliphatic carbocycles. The number of hydrogen-bond donors (Lipinski definition) is 1. The normalized spacial score (nSPS) is 14.2. The fourth-order valence-electron chi connectivity index (χ4n) is 3.53. The minimum atomic E-state index is 0.787. The zero-order valence-electron chi connectivity index (χ0n) is 12.8. The van der Waals surface area contributed by atoms with Crippen molar-refractivity contribution in [3.63, 3.8) is 0 Å². The topological polar surface area (TPSA) is 17.0 Å². The zero-order valence-corrected chi connectivity index (χ0v) is 14.3. The van der Waals surface area contributed by atoms with Crippen LogP contribution in [0.25, 0.3) is 10.9 Å². The Morgan fingerprint density at radius 2 is 1.87 bits per heavy atom. The highest BCUT2D eigenvalue weighted by Crippen LogP contribution is 2.33. The van der Waals surface area contributed by atoms with E-state index in [0.29, 0.717) is 0 Å². The van der Waals surface area contributed by atoms with E-state index in [9.17, 15) is 0 Å². The van der Waals surface area contributed by atoms with Gasteiger partial charge >= 0.3 is 0 Å². The van der Waals surface area contributed by atoms with Crippen molar-refractivity contribution in [1.82, 2.24) is 9.88 Å². The summed E-state index contributed by atoms with van der Waals surface area (Å²) in [6, 6.07) is 14.3. The predicted octanol–water partition coefficient (Wildman–Crippen LogP) is 4.84. The maximum atomic E-state index is 6.49. The molecule has 4 heteroatoms. The minimum absolute atomic E-state index is 0.787. The molecule has 1 aliphatic heterocycles. The average Bonchev–Trinajstić information content (AvgIpc) is 2.89. The molecule has 2 heterocycles. The predicted molar refractivity (Wildman–Crippen MR) is 97.5 cm³/mol. The lowest BCUT2D eigenvalue weighted by molar-refractivity contribution is 0.594. The number of aromatic nitrogens is 1. The Bertz CT molecular complexity index is 850. The van der Waals surface area contributed by atoms with Gasteiger partial charge in [0.15, 0.2) is 0 Å². The molecule has 118 valence electrons. The van der Waals surface area contributed by atoms with Gasteiger partial charge in [-0.1, -0.05) is 41.4 Å². The van der Waals surface area contributed by atoms with E-state index in [-0.39, 0.29) is 0 Å². The second-order valence-corrected chi connectivity index (χ2v) is 6.86. The van der Waals surface area contributed by atoms with E-state index in [2.05, 4.69) is 28.1 Å². The summed E-state index contributed by atoms with van der Waals surface area (Å²) < 4.78 is 2.45. The zero-order chi connectivity index (χ0) is 15.8. The van der Waals surface area contributed by atoms with Crippen LogP contribution in [0.4, 0.5) is 0 Å². The summed E-state index contributed by atoms with van der Waals surface area (Å²) in [6.45, 7) is 2.90. The lowest BCUT2D eigenvalue weighted by atomic mass is 10.1. The Morgan fingerprint density at radius 1 is 1.04 bits per heavy atom. The van der Waals surface area contributed by atoms with Crippen molar-refractivity contribution in [3.05, 3.63) is 69.3 Å². The molecule has 0 amide bonds. The summed E-state index contributed by atoms with van der Waals surface area (Å²) in [5.41, 5.74) is 5.36. The molecule has 3 aromatic rings. The fourth-order valence-corrected chi connectivity index (χ4v) is 3.94. The average molecular weight is 345 g/mol. The fraction of sp³-hybridized carbons (Fsp3) is 0.263. The molecule has 1 N–H and O–H groups in total. The van der Waals surface area contributed by atoms with Crippen molar-refractivity contribution in [1.29, 1.82) is 0 Å². The standard InChI is InChI=1S/C19H18Cl2N2/c20-14-6-4-13(5-7-14)9-11-23-17-8-10-22-12-15(17)19-16(21)2-1-3-18(19)23/h1-7,22H,8-12H2. The van der Waals surface area contributed by atoms with Gasteiger partial charge < -0.3 is 9.88 Å². The molecule has 0 saturated heterocycles. The third-order valence-corrected chi connectivity index (χ3v) is 5.20. The Balaban J connectivity index is 1.74. The van der Waals surface area contributed by atoms with Crippen molar-refractivity contribution in [2.45, 2.75) is 25.9 Å². The summed E-state index contributed by atoms with van der Waals surface area (Å²) in [5, 5.41) is 6.32. The van der Waals surface area contributed by atoms with Crippen molar-refractivity contribution in [2.24, 2.45) is 0 Å². The summed E-state index contributed by atoms with van der Waals surface area (Å²) in [6.07, 6.45) is 2.05. The van der Waals surface area contributed by atoms with E-state index in [1.165, 1.54) is 27.7 Å². The van der Waals surface area contributed by atoms with E-state index in [1.807, 2.05) is 24.3 Å². The first kappa shape index (κ1) is 15.1. The third kappa shape index (κ3) is 2.76. The van der Waals surface area contributed by atoms with Gasteiger partial charge in [-0.15, -0.1) is 0 Å². The second kappa shape index (κ2) is 6.20. The quantitative estimate of drug-likeness (QED) is 0.719. The molecule has 0 spiro atoms. The molecular formula is C19H18Cl2N2. The lowest BCUT2D eigenvalue weighted by Gasteiger charge is -2.17. The van der Waals surface area contributed by atoms with Gasteiger partial charge in [-0.25, -0.2) is 0 Å². The van der Waals surface area contributed by atoms with E-state index in [0.717, 1.165) is 42.5 Å². The van der Waals surface area contributed by atoms with Crippen LogP contribution in [0, 0.1) is 0 Å². The summed E-state index contributed by atoms with van der Waals surface area (Å²) in [7, 11) is 0. The number of nitrogens with zero attached hydrogens (tertiary/aromatic N) is 1. The van der Waals surface area contributed by atoms with E-state index < -0.39 is 0 Å². The molecule has 0 unspecified atom stereocenters. The largest absolute Gasteiger partial charge is 0.344 e. The Kier molecular flexibility index (Phi) is 4.06. The SMILES string of the molecule is Clc1ccc(CCn2c3c(c4c(Cl)cccc42)CNCC3)cc1.